The molecule has 0 saturated carbocycles. The first-order valence-electron chi connectivity index (χ1n) is 7.39. The first kappa shape index (κ1) is 16.4. The second-order valence-electron chi connectivity index (χ2n) is 5.23. The maximum absolute atomic E-state index is 13.3. The van der Waals surface area contributed by atoms with E-state index in [1.807, 2.05) is 30.3 Å². The number of nitrogens with one attached hydrogen (secondary N) is 1. The van der Waals surface area contributed by atoms with Gasteiger partial charge in [-0.25, -0.2) is 4.39 Å². The molecule has 126 valence electrons. The molecule has 0 aliphatic rings. The van der Waals surface area contributed by atoms with Gasteiger partial charge < -0.3 is 10.1 Å². The summed E-state index contributed by atoms with van der Waals surface area (Å²) in [5.41, 5.74) is 0.194. The zero-order valence-corrected chi connectivity index (χ0v) is 12.9. The van der Waals surface area contributed by atoms with Crippen LogP contribution in [0.5, 0.6) is 5.75 Å². The minimum absolute atomic E-state index is 0.293. The van der Waals surface area contributed by atoms with Crippen molar-refractivity contribution in [1.82, 2.24) is 0 Å². The Morgan fingerprint density at radius 3 is 2.68 bits per heavy atom. The predicted octanol–water partition coefficient (Wildman–Crippen LogP) is 3.90. The molecule has 0 spiro atoms. The Bertz CT molecular complexity index is 953. The molecule has 0 aromatic heterocycles. The van der Waals surface area contributed by atoms with E-state index in [4.69, 9.17) is 4.74 Å². The molecule has 0 heterocycles. The van der Waals surface area contributed by atoms with Crippen LogP contribution in [-0.4, -0.2) is 17.4 Å². The van der Waals surface area contributed by atoms with Crippen molar-refractivity contribution in [3.8, 4) is 5.75 Å². The van der Waals surface area contributed by atoms with Gasteiger partial charge in [-0.3, -0.25) is 14.9 Å². The fraction of sp³-hybridized carbons (Fsp3) is 0.0556. The van der Waals surface area contributed by atoms with E-state index in [2.05, 4.69) is 5.32 Å². The minimum Gasteiger partial charge on any atom is -0.477 e. The minimum atomic E-state index is -0.697. The molecule has 6 nitrogen and oxygen atoms in total. The van der Waals surface area contributed by atoms with Crippen LogP contribution in [0.25, 0.3) is 10.8 Å². The topological polar surface area (TPSA) is 81.5 Å². The van der Waals surface area contributed by atoms with Crippen molar-refractivity contribution >= 4 is 28.1 Å². The van der Waals surface area contributed by atoms with Crippen molar-refractivity contribution in [2.75, 3.05) is 11.9 Å². The Morgan fingerprint density at radius 2 is 1.88 bits per heavy atom. The van der Waals surface area contributed by atoms with Crippen molar-refractivity contribution in [1.29, 1.82) is 0 Å². The highest BCUT2D eigenvalue weighted by molar-refractivity contribution is 6.02. The predicted molar refractivity (Wildman–Crippen MR) is 91.1 cm³/mol. The number of fused-ring (bicyclic) bond motifs is 1. The molecule has 7 heteroatoms. The van der Waals surface area contributed by atoms with E-state index in [9.17, 15) is 19.3 Å². The van der Waals surface area contributed by atoms with E-state index in [1.165, 1.54) is 0 Å². The summed E-state index contributed by atoms with van der Waals surface area (Å²) in [5, 5.41) is 15.4. The normalized spacial score (nSPS) is 10.4. The summed E-state index contributed by atoms with van der Waals surface area (Å²) in [6, 6.07) is 15.8. The third-order valence-electron chi connectivity index (χ3n) is 3.54. The Balaban J connectivity index is 1.73. The number of anilines is 1. The van der Waals surface area contributed by atoms with Gasteiger partial charge >= 0.3 is 5.69 Å². The van der Waals surface area contributed by atoms with E-state index in [0.717, 1.165) is 29.0 Å². The van der Waals surface area contributed by atoms with E-state index in [0.29, 0.717) is 5.69 Å². The van der Waals surface area contributed by atoms with Crippen LogP contribution in [0.4, 0.5) is 15.8 Å². The van der Waals surface area contributed by atoms with Gasteiger partial charge in [0.25, 0.3) is 5.91 Å². The second-order valence-corrected chi connectivity index (χ2v) is 5.23. The molecule has 0 unspecified atom stereocenters. The summed E-state index contributed by atoms with van der Waals surface area (Å²) in [7, 11) is 0. The molecule has 0 bridgehead atoms. The number of hydrogen-bond donors (Lipinski definition) is 1. The van der Waals surface area contributed by atoms with Crippen molar-refractivity contribution in [2.45, 2.75) is 0 Å². The zero-order chi connectivity index (χ0) is 17.8. The van der Waals surface area contributed by atoms with Gasteiger partial charge in [0.2, 0.25) is 5.75 Å². The lowest BCUT2D eigenvalue weighted by Crippen LogP contribution is -2.20. The maximum atomic E-state index is 13.3. The third-order valence-corrected chi connectivity index (χ3v) is 3.54. The number of hydrogen-bond acceptors (Lipinski definition) is 4. The largest absolute Gasteiger partial charge is 0.477 e. The number of nitrogens with zero attached hydrogens (tertiary/aromatic N) is 1. The van der Waals surface area contributed by atoms with Gasteiger partial charge in [0.15, 0.2) is 6.61 Å². The number of benzene rings is 3. The molecule has 0 fully saturated rings. The summed E-state index contributed by atoms with van der Waals surface area (Å²) >= 11 is 0. The van der Waals surface area contributed by atoms with Gasteiger partial charge in [-0.1, -0.05) is 36.4 Å². The average molecular weight is 340 g/mol. The summed E-state index contributed by atoms with van der Waals surface area (Å²) in [6.45, 7) is -0.479. The number of nitro groups is 1. The third kappa shape index (κ3) is 3.72. The van der Waals surface area contributed by atoms with Gasteiger partial charge in [-0.15, -0.1) is 0 Å². The molecule has 0 aliphatic carbocycles. The Kier molecular flexibility index (Phi) is 4.56. The SMILES string of the molecule is O=C(COc1cc(F)ccc1[N+](=O)[O-])Nc1cccc2ccccc12. The highest BCUT2D eigenvalue weighted by Gasteiger charge is 2.17. The number of nitro benzene ring substituents is 1. The lowest BCUT2D eigenvalue weighted by atomic mass is 10.1. The smallest absolute Gasteiger partial charge is 0.311 e. The van der Waals surface area contributed by atoms with Crippen LogP contribution >= 0.6 is 0 Å². The van der Waals surface area contributed by atoms with Crippen LogP contribution < -0.4 is 10.1 Å². The molecule has 3 aromatic rings. The average Bonchev–Trinajstić information content (AvgIpc) is 2.60. The van der Waals surface area contributed by atoms with Crippen LogP contribution in [0, 0.1) is 15.9 Å². The zero-order valence-electron chi connectivity index (χ0n) is 12.9. The number of rotatable bonds is 5. The first-order chi connectivity index (χ1) is 12.0. The van der Waals surface area contributed by atoms with E-state index in [1.54, 1.807) is 12.1 Å². The van der Waals surface area contributed by atoms with Crippen molar-refractivity contribution in [2.24, 2.45) is 0 Å². The van der Waals surface area contributed by atoms with E-state index in [-0.39, 0.29) is 5.75 Å². The molecule has 25 heavy (non-hydrogen) atoms. The monoisotopic (exact) mass is 340 g/mol. The molecular formula is C18H13FN2O4. The van der Waals surface area contributed by atoms with Crippen LogP contribution in [0.3, 0.4) is 0 Å². The number of amides is 1. The van der Waals surface area contributed by atoms with Crippen LogP contribution in [0.2, 0.25) is 0 Å². The van der Waals surface area contributed by atoms with E-state index < -0.39 is 28.9 Å². The molecule has 0 aliphatic heterocycles. The van der Waals surface area contributed by atoms with E-state index >= 15 is 0 Å². The number of ether oxygens (including phenoxy) is 1. The summed E-state index contributed by atoms with van der Waals surface area (Å²) in [4.78, 5) is 22.3. The maximum Gasteiger partial charge on any atom is 0.311 e. The Labute approximate surface area is 142 Å². The molecule has 1 N–H and O–H groups in total. The van der Waals surface area contributed by atoms with Gasteiger partial charge in [0, 0.05) is 23.2 Å². The Hall–Kier alpha value is -3.48. The molecule has 0 radical (unpaired) electrons. The molecule has 0 saturated heterocycles. The second kappa shape index (κ2) is 6.96. The highest BCUT2D eigenvalue weighted by Crippen LogP contribution is 2.27. The van der Waals surface area contributed by atoms with Crippen LogP contribution in [-0.2, 0) is 4.79 Å². The molecule has 0 atom stereocenters. The van der Waals surface area contributed by atoms with Crippen LogP contribution in [0.15, 0.2) is 60.7 Å². The van der Waals surface area contributed by atoms with Crippen LogP contribution in [0.1, 0.15) is 0 Å². The quantitative estimate of drug-likeness (QED) is 0.564. The molecular weight excluding hydrogens is 327 g/mol. The number of carbonyl (C=O) groups is 1. The van der Waals surface area contributed by atoms with Crippen molar-refractivity contribution < 1.29 is 18.8 Å². The first-order valence-corrected chi connectivity index (χ1v) is 7.39. The van der Waals surface area contributed by atoms with Gasteiger partial charge in [0.1, 0.15) is 5.82 Å². The van der Waals surface area contributed by atoms with Gasteiger partial charge in [-0.2, -0.15) is 0 Å². The standard InChI is InChI=1S/C18H13FN2O4/c19-13-8-9-16(21(23)24)17(10-13)25-11-18(22)20-15-7-3-5-12-4-1-2-6-14(12)15/h1-10H,11H2,(H,20,22). The fourth-order valence-electron chi connectivity index (χ4n) is 2.42. The summed E-state index contributed by atoms with van der Waals surface area (Å²) in [5.74, 6) is -1.48. The molecule has 3 rings (SSSR count). The van der Waals surface area contributed by atoms with Gasteiger partial charge in [0.05, 0.1) is 4.92 Å². The summed E-state index contributed by atoms with van der Waals surface area (Å²) < 4.78 is 18.4. The number of carbonyl (C=O) groups excluding carboxylic acids is 1. The molecule has 1 amide bonds. The van der Waals surface area contributed by atoms with Gasteiger partial charge in [-0.05, 0) is 17.5 Å². The molecule has 3 aromatic carbocycles. The lowest BCUT2D eigenvalue weighted by Gasteiger charge is -2.10. The lowest BCUT2D eigenvalue weighted by molar-refractivity contribution is -0.385. The highest BCUT2D eigenvalue weighted by atomic mass is 19.1. The van der Waals surface area contributed by atoms with Crippen molar-refractivity contribution in [3.05, 3.63) is 76.6 Å². The number of halogens is 1. The fourth-order valence-corrected chi connectivity index (χ4v) is 2.42. The van der Waals surface area contributed by atoms with Crippen molar-refractivity contribution in [3.63, 3.8) is 0 Å². The summed E-state index contributed by atoms with van der Waals surface area (Å²) in [6.07, 6.45) is 0. The Morgan fingerprint density at radius 1 is 1.12 bits per heavy atom.